The predicted molar refractivity (Wildman–Crippen MR) is 92.7 cm³/mol. The van der Waals surface area contributed by atoms with Crippen molar-refractivity contribution in [3.8, 4) is 0 Å². The van der Waals surface area contributed by atoms with Crippen LogP contribution < -0.4 is 0 Å². The number of rotatable bonds is 4. The Bertz CT molecular complexity index is 664. The number of carbonyl (C=O) groups excluding carboxylic acids is 2. The minimum Gasteiger partial charge on any atom is -0.361 e. The first-order valence-corrected chi connectivity index (χ1v) is 8.88. The summed E-state index contributed by atoms with van der Waals surface area (Å²) in [5, 5.41) is 4.02. The molecule has 3 rings (SSSR count). The summed E-state index contributed by atoms with van der Waals surface area (Å²) in [6, 6.07) is 0. The lowest BCUT2D eigenvalue weighted by Crippen LogP contribution is -2.43. The average molecular weight is 348 g/mol. The fourth-order valence-electron chi connectivity index (χ4n) is 4.17. The second kappa shape index (κ2) is 6.44. The average Bonchev–Trinajstić information content (AvgIpc) is 3.15. The molecule has 2 fully saturated rings. The zero-order chi connectivity index (χ0) is 18.4. The normalized spacial score (nSPS) is 26.8. The summed E-state index contributed by atoms with van der Waals surface area (Å²) in [6.07, 6.45) is 0.825. The molecule has 0 saturated carbocycles. The number of nitrogens with zero attached hydrogens (tertiary/aromatic N) is 4. The minimum atomic E-state index is -0.356. The summed E-state index contributed by atoms with van der Waals surface area (Å²) in [5.41, 5.74) is 1.68. The van der Waals surface area contributed by atoms with Gasteiger partial charge in [-0.1, -0.05) is 12.1 Å². The summed E-state index contributed by atoms with van der Waals surface area (Å²) in [4.78, 5) is 30.7. The molecule has 1 aromatic rings. The van der Waals surface area contributed by atoms with Gasteiger partial charge in [-0.15, -0.1) is 0 Å². The quantitative estimate of drug-likeness (QED) is 0.813. The minimum absolute atomic E-state index is 0.0244. The highest BCUT2D eigenvalue weighted by Crippen LogP contribution is 2.45. The second-order valence-corrected chi connectivity index (χ2v) is 7.79. The fraction of sp³-hybridized carbons (Fsp3) is 0.722. The Hall–Kier alpha value is -1.89. The maximum absolute atomic E-state index is 13.1. The summed E-state index contributed by atoms with van der Waals surface area (Å²) >= 11 is 0. The third kappa shape index (κ3) is 3.05. The number of carbonyl (C=O) groups is 2. The van der Waals surface area contributed by atoms with E-state index in [-0.39, 0.29) is 29.7 Å². The van der Waals surface area contributed by atoms with Gasteiger partial charge in [0.15, 0.2) is 0 Å². The van der Waals surface area contributed by atoms with Crippen LogP contribution in [0.15, 0.2) is 4.52 Å². The van der Waals surface area contributed by atoms with Crippen LogP contribution >= 0.6 is 0 Å². The molecule has 2 aliphatic rings. The Labute approximate surface area is 148 Å². The Kier molecular flexibility index (Phi) is 4.62. The van der Waals surface area contributed by atoms with E-state index in [2.05, 4.69) is 17.0 Å². The van der Waals surface area contributed by atoms with E-state index in [1.165, 1.54) is 0 Å². The molecule has 2 atom stereocenters. The van der Waals surface area contributed by atoms with Crippen LogP contribution in [0.1, 0.15) is 30.4 Å². The molecule has 2 amide bonds. The SMILES string of the molecule is Cc1noc(C)c1CN1C[C@@H](C)[C@@]2(CCN(CC(=O)N(C)C)C2=O)C1. The standard InChI is InChI=1S/C18H28N4O3/c1-12-8-21(9-15-13(2)19-25-14(15)3)11-18(12)6-7-22(17(18)24)10-16(23)20(4)5/h12H,6-11H2,1-5H3/t12-,18-/m1/s1. The molecule has 2 saturated heterocycles. The van der Waals surface area contributed by atoms with Gasteiger partial charge in [-0.25, -0.2) is 0 Å². The highest BCUT2D eigenvalue weighted by molar-refractivity contribution is 5.90. The van der Waals surface area contributed by atoms with Gasteiger partial charge in [0.2, 0.25) is 11.8 Å². The lowest BCUT2D eigenvalue weighted by atomic mass is 9.78. The number of likely N-dealkylation sites (N-methyl/N-ethyl adjacent to an activating group) is 1. The predicted octanol–water partition coefficient (Wildman–Crippen LogP) is 1.05. The Morgan fingerprint density at radius 3 is 2.72 bits per heavy atom. The van der Waals surface area contributed by atoms with Crippen LogP contribution in [0, 0.1) is 25.2 Å². The van der Waals surface area contributed by atoms with Crippen molar-refractivity contribution >= 4 is 11.8 Å². The van der Waals surface area contributed by atoms with E-state index in [9.17, 15) is 9.59 Å². The van der Waals surface area contributed by atoms with E-state index in [0.717, 1.165) is 43.1 Å². The van der Waals surface area contributed by atoms with Crippen molar-refractivity contribution in [1.29, 1.82) is 0 Å². The maximum Gasteiger partial charge on any atom is 0.241 e. The van der Waals surface area contributed by atoms with Gasteiger partial charge in [-0.05, 0) is 26.2 Å². The largest absolute Gasteiger partial charge is 0.361 e. The van der Waals surface area contributed by atoms with Crippen molar-refractivity contribution in [2.45, 2.75) is 33.7 Å². The molecule has 0 unspecified atom stereocenters. The van der Waals surface area contributed by atoms with Gasteiger partial charge in [0.25, 0.3) is 0 Å². The lowest BCUT2D eigenvalue weighted by Gasteiger charge is -2.27. The van der Waals surface area contributed by atoms with E-state index >= 15 is 0 Å². The van der Waals surface area contributed by atoms with Crippen molar-refractivity contribution in [2.24, 2.45) is 11.3 Å². The highest BCUT2D eigenvalue weighted by atomic mass is 16.5. The lowest BCUT2D eigenvalue weighted by molar-refractivity contribution is -0.142. The van der Waals surface area contributed by atoms with Crippen LogP contribution in [-0.2, 0) is 16.1 Å². The van der Waals surface area contributed by atoms with Crippen LogP contribution in [0.3, 0.4) is 0 Å². The van der Waals surface area contributed by atoms with Crippen LogP contribution in [-0.4, -0.2) is 71.9 Å². The number of hydrogen-bond donors (Lipinski definition) is 0. The molecule has 138 valence electrons. The first kappa shape index (κ1) is 17.9. The van der Waals surface area contributed by atoms with Gasteiger partial charge in [0.05, 0.1) is 17.7 Å². The van der Waals surface area contributed by atoms with Crippen LogP contribution in [0.25, 0.3) is 0 Å². The van der Waals surface area contributed by atoms with Crippen molar-refractivity contribution in [3.05, 3.63) is 17.0 Å². The molecule has 0 radical (unpaired) electrons. The van der Waals surface area contributed by atoms with E-state index in [1.54, 1.807) is 23.9 Å². The molecular weight excluding hydrogens is 320 g/mol. The molecule has 0 N–H and O–H groups in total. The van der Waals surface area contributed by atoms with Gasteiger partial charge in [0, 0.05) is 45.8 Å². The maximum atomic E-state index is 13.1. The summed E-state index contributed by atoms with van der Waals surface area (Å²) in [5.74, 6) is 1.24. The molecule has 1 spiro atoms. The summed E-state index contributed by atoms with van der Waals surface area (Å²) in [6.45, 7) is 9.27. The number of amides is 2. The first-order valence-electron chi connectivity index (χ1n) is 8.88. The topological polar surface area (TPSA) is 69.9 Å². The molecule has 0 aromatic carbocycles. The third-order valence-corrected chi connectivity index (χ3v) is 5.91. The molecule has 1 aromatic heterocycles. The van der Waals surface area contributed by atoms with Crippen molar-refractivity contribution in [1.82, 2.24) is 19.9 Å². The van der Waals surface area contributed by atoms with Gasteiger partial charge < -0.3 is 14.3 Å². The van der Waals surface area contributed by atoms with E-state index in [4.69, 9.17) is 4.52 Å². The first-order chi connectivity index (χ1) is 11.7. The number of hydrogen-bond acceptors (Lipinski definition) is 5. The van der Waals surface area contributed by atoms with Gasteiger partial charge in [-0.2, -0.15) is 0 Å². The Morgan fingerprint density at radius 2 is 2.12 bits per heavy atom. The second-order valence-electron chi connectivity index (χ2n) is 7.79. The van der Waals surface area contributed by atoms with E-state index in [1.807, 2.05) is 13.8 Å². The van der Waals surface area contributed by atoms with E-state index in [0.29, 0.717) is 6.54 Å². The highest BCUT2D eigenvalue weighted by Gasteiger charge is 2.55. The van der Waals surface area contributed by atoms with Crippen LogP contribution in [0.5, 0.6) is 0 Å². The number of likely N-dealkylation sites (tertiary alicyclic amines) is 2. The zero-order valence-electron chi connectivity index (χ0n) is 15.8. The molecule has 7 heteroatoms. The number of aromatic nitrogens is 1. The Morgan fingerprint density at radius 1 is 1.40 bits per heavy atom. The van der Waals surface area contributed by atoms with Gasteiger partial charge >= 0.3 is 0 Å². The molecule has 3 heterocycles. The van der Waals surface area contributed by atoms with Crippen LogP contribution in [0.4, 0.5) is 0 Å². The van der Waals surface area contributed by atoms with E-state index < -0.39 is 0 Å². The molecule has 25 heavy (non-hydrogen) atoms. The fourth-order valence-corrected chi connectivity index (χ4v) is 4.17. The summed E-state index contributed by atoms with van der Waals surface area (Å²) in [7, 11) is 3.45. The summed E-state index contributed by atoms with van der Waals surface area (Å²) < 4.78 is 5.26. The molecule has 7 nitrogen and oxygen atoms in total. The zero-order valence-corrected chi connectivity index (χ0v) is 15.8. The number of aryl methyl sites for hydroxylation is 2. The molecule has 0 bridgehead atoms. The molecular formula is C18H28N4O3. The molecule has 2 aliphatic heterocycles. The Balaban J connectivity index is 1.71. The van der Waals surface area contributed by atoms with Crippen molar-refractivity contribution in [2.75, 3.05) is 40.3 Å². The van der Waals surface area contributed by atoms with Crippen molar-refractivity contribution in [3.63, 3.8) is 0 Å². The smallest absolute Gasteiger partial charge is 0.241 e. The third-order valence-electron chi connectivity index (χ3n) is 5.91. The van der Waals surface area contributed by atoms with Gasteiger partial charge in [0.1, 0.15) is 5.76 Å². The van der Waals surface area contributed by atoms with Crippen LogP contribution in [0.2, 0.25) is 0 Å². The van der Waals surface area contributed by atoms with Crippen molar-refractivity contribution < 1.29 is 14.1 Å². The monoisotopic (exact) mass is 348 g/mol. The molecule has 0 aliphatic carbocycles. The van der Waals surface area contributed by atoms with Gasteiger partial charge in [-0.3, -0.25) is 14.5 Å².